The molecule has 0 radical (unpaired) electrons. The minimum Gasteiger partial charge on any atom is -0.480 e. The van der Waals surface area contributed by atoms with E-state index in [0.717, 1.165) is 45.9 Å². The summed E-state index contributed by atoms with van der Waals surface area (Å²) in [5, 5.41) is 47.0. The number of aliphatic hydroxyl groups is 2. The topological polar surface area (TPSA) is 413 Å². The van der Waals surface area contributed by atoms with E-state index in [9.17, 15) is 57.3 Å². The molecule has 10 N–H and O–H groups in total. The number of halogens is 3. The van der Waals surface area contributed by atoms with E-state index < -0.39 is 214 Å². The quantitative estimate of drug-likeness (QED) is 0.0583. The van der Waals surface area contributed by atoms with Gasteiger partial charge in [-0.25, -0.2) is 13.2 Å². The van der Waals surface area contributed by atoms with Gasteiger partial charge in [-0.2, -0.15) is 0 Å². The van der Waals surface area contributed by atoms with Crippen LogP contribution < -0.4 is 32.3 Å². The van der Waals surface area contributed by atoms with Gasteiger partial charge in [0, 0.05) is 105 Å². The summed E-state index contributed by atoms with van der Waals surface area (Å²) in [7, 11) is -1.36. The number of likely N-dealkylation sites (tertiary alicyclic amines) is 1. The van der Waals surface area contributed by atoms with Crippen molar-refractivity contribution in [2.24, 2.45) is 23.5 Å². The Balaban J connectivity index is 1.25. The van der Waals surface area contributed by atoms with Gasteiger partial charge in [0.15, 0.2) is 17.3 Å². The Bertz CT molecular complexity index is 4550. The van der Waals surface area contributed by atoms with Crippen LogP contribution in [0.5, 0.6) is 0 Å². The fourth-order valence-electron chi connectivity index (χ4n) is 14.5. The molecule has 0 aromatic heterocycles. The van der Waals surface area contributed by atoms with Crippen molar-refractivity contribution in [2.45, 2.75) is 184 Å². The number of aliphatic hydroxyl groups excluding tert-OH is 2. The monoisotopic (exact) mass is 1630 g/mol. The molecule has 0 spiro atoms. The number of allylic oxidation sites excluding steroid dienone is 1. The van der Waals surface area contributed by atoms with Crippen molar-refractivity contribution in [3.8, 4) is 0 Å². The van der Waals surface area contributed by atoms with E-state index in [1.165, 1.54) is 46.1 Å². The Morgan fingerprint density at radius 2 is 1.14 bits per heavy atom. The number of hydrogen-bond acceptors (Lipinski definition) is 18. The first-order valence-corrected chi connectivity index (χ1v) is 40.6. The summed E-state index contributed by atoms with van der Waals surface area (Å²) in [5.41, 5.74) is 8.34. The first-order chi connectivity index (χ1) is 53.3. The third-order valence-electron chi connectivity index (χ3n) is 21.3. The van der Waals surface area contributed by atoms with Crippen molar-refractivity contribution >= 4 is 127 Å². The van der Waals surface area contributed by atoms with Gasteiger partial charge in [-0.1, -0.05) is 132 Å². The SMILES string of the molecule is C[C@@H]1NC(=O)C[C@@H](C(=O)N2CCC[C@H]2C(=O)O)CC(=O)[C@H](Cc2cccc(Cl)c2)CC(=O)[C@](N)([C@@H](C)O)CC(=O)[C@H](Cc2ccccc2)N(C)C(=O)[C@H](Cc2cccc(Cl)c2)NC(=O)[C@H](CC2=CCc3ccccc32)NC(=O)[C@H](CCS(C)(=O)=O)CC(=O)[C@H](C)N(C)C(=O)[C@H](Cc2cccc(Cl)c2)NC(=O)[C@H]([C@@H](C)O)NC1=O. The summed E-state index contributed by atoms with van der Waals surface area (Å²) in [6, 6.07) is 21.7. The molecule has 5 aromatic rings. The molecule has 2 fully saturated rings. The van der Waals surface area contributed by atoms with Crippen molar-refractivity contribution in [1.82, 2.24) is 41.3 Å². The molecule has 0 unspecified atom stereocenters. The van der Waals surface area contributed by atoms with Crippen molar-refractivity contribution in [3.63, 3.8) is 0 Å². The minimum absolute atomic E-state index is 0.0139. The predicted octanol–water partition coefficient (Wildman–Crippen LogP) is 5.12. The van der Waals surface area contributed by atoms with E-state index in [1.54, 1.807) is 91.0 Å². The van der Waals surface area contributed by atoms with Crippen molar-refractivity contribution in [3.05, 3.63) is 182 Å². The lowest BCUT2D eigenvalue weighted by Gasteiger charge is -2.36. The zero-order chi connectivity index (χ0) is 82.9. The molecule has 0 bridgehead atoms. The van der Waals surface area contributed by atoms with Crippen LogP contribution in [0.4, 0.5) is 0 Å². The van der Waals surface area contributed by atoms with Crippen LogP contribution in [0.15, 0.2) is 133 Å². The number of nitrogens with zero attached hydrogens (tertiary/aromatic N) is 3. The van der Waals surface area contributed by atoms with Gasteiger partial charge in [-0.15, -0.1) is 0 Å². The summed E-state index contributed by atoms with van der Waals surface area (Å²) in [4.78, 5) is 197. The number of ketones is 4. The zero-order valence-electron chi connectivity index (χ0n) is 63.9. The highest BCUT2D eigenvalue weighted by Crippen LogP contribution is 2.33. The maximum atomic E-state index is 15.8. The van der Waals surface area contributed by atoms with E-state index in [2.05, 4.69) is 26.6 Å². The van der Waals surface area contributed by atoms with Crippen LogP contribution in [0.3, 0.4) is 0 Å². The Hall–Kier alpha value is -9.55. The molecule has 2 aliphatic heterocycles. The first-order valence-electron chi connectivity index (χ1n) is 37.4. The Labute approximate surface area is 671 Å². The van der Waals surface area contributed by atoms with Gasteiger partial charge in [0.2, 0.25) is 47.3 Å². The molecule has 27 nitrogen and oxygen atoms in total. The second-order valence-electron chi connectivity index (χ2n) is 29.8. The summed E-state index contributed by atoms with van der Waals surface area (Å²) in [5.74, 6) is -18.3. The van der Waals surface area contributed by atoms with Crippen molar-refractivity contribution in [2.75, 3.05) is 32.6 Å². The van der Waals surface area contributed by atoms with E-state index >= 15 is 28.8 Å². The van der Waals surface area contributed by atoms with Crippen LogP contribution in [0.2, 0.25) is 15.1 Å². The van der Waals surface area contributed by atoms with E-state index in [4.69, 9.17) is 40.5 Å². The summed E-state index contributed by atoms with van der Waals surface area (Å²) >= 11 is 19.4. The molecule has 1 aliphatic carbocycles. The Kier molecular flexibility index (Phi) is 31.5. The highest BCUT2D eigenvalue weighted by Gasteiger charge is 2.47. The number of rotatable bonds is 17. The molecular formula is C82H98Cl3N9O18S. The zero-order valence-corrected chi connectivity index (χ0v) is 67.0. The standard InChI is InChI=1S/C82H98Cl3N9O18S/c1-46-74(102)91-73(48(3)95)77(105)90-64(37-52-20-14-24-60(84)35-52)79(107)92(5)47(2)68(97)41-56(30-32-113(7,111)112)75(103)88-63(40-55-29-28-54-22-11-12-26-62(54)55)76(104)89-65(38-53-21-15-25-61(85)36-53)80(108)93(6)67(39-50-17-9-8-10-18-50)70(99)45-82(86,49(4)96)71(100)43-57(33-51-19-13-23-59(83)34-51)69(98)42-58(44-72(101)87-46)78(106)94-31-16-27-66(94)81(109)110/h8-15,17-26,29,34-36,46-49,56-58,63-67,73,95-96H,16,27-28,30-33,37-45,86H2,1-7H3,(H,87,101)(H,88,103)(H,89,104)(H,90,105)(H,91,102)(H,109,110)/t46-,47-,48+,49+,56+,57+,58-,63-,64-,65-,66-,67-,73-,82+/m0/s1. The maximum Gasteiger partial charge on any atom is 0.326 e. The number of sulfone groups is 1. The molecule has 14 atom stereocenters. The number of aliphatic carboxylic acids is 1. The number of carbonyl (C=O) groups excluding carboxylic acids is 12. The number of nitrogens with one attached hydrogen (secondary N) is 5. The Morgan fingerprint density at radius 1 is 0.593 bits per heavy atom. The largest absolute Gasteiger partial charge is 0.480 e. The molecule has 113 heavy (non-hydrogen) atoms. The summed E-state index contributed by atoms with van der Waals surface area (Å²) in [6.07, 6.45) is -6.36. The molecule has 606 valence electrons. The average Bonchev–Trinajstić information content (AvgIpc) is 1.56. The minimum atomic E-state index is -3.88. The number of carboxylic acids is 1. The lowest BCUT2D eigenvalue weighted by Crippen LogP contribution is -2.61. The van der Waals surface area contributed by atoms with Crippen LogP contribution >= 0.6 is 34.8 Å². The third-order valence-corrected chi connectivity index (χ3v) is 22.9. The van der Waals surface area contributed by atoms with E-state index in [0.29, 0.717) is 34.2 Å². The smallest absolute Gasteiger partial charge is 0.326 e. The normalized spacial score (nSPS) is 25.7. The van der Waals surface area contributed by atoms with Gasteiger partial charge >= 0.3 is 5.97 Å². The number of carboxylic acid groups (broad SMARTS) is 1. The maximum absolute atomic E-state index is 15.8. The van der Waals surface area contributed by atoms with Gasteiger partial charge < -0.3 is 62.3 Å². The lowest BCUT2D eigenvalue weighted by molar-refractivity contribution is -0.151. The fraction of sp³-hybridized carbons (Fsp3) is 0.451. The highest BCUT2D eigenvalue weighted by atomic mass is 35.5. The van der Waals surface area contributed by atoms with Crippen molar-refractivity contribution in [1.29, 1.82) is 0 Å². The lowest BCUT2D eigenvalue weighted by atomic mass is 9.76. The first kappa shape index (κ1) is 89.0. The van der Waals surface area contributed by atoms with Crippen molar-refractivity contribution < 1.29 is 86.1 Å². The molecule has 0 saturated carbocycles. The predicted molar refractivity (Wildman–Crippen MR) is 423 cm³/mol. The molecule has 3 aliphatic rings. The number of nitrogens with two attached hydrogens (primary N) is 1. The van der Waals surface area contributed by atoms with Gasteiger partial charge in [-0.3, -0.25) is 57.5 Å². The van der Waals surface area contributed by atoms with E-state index in [-0.39, 0.29) is 66.6 Å². The van der Waals surface area contributed by atoms with Crippen LogP contribution in [0.25, 0.3) is 5.57 Å². The van der Waals surface area contributed by atoms with Gasteiger partial charge in [0.1, 0.15) is 57.4 Å². The number of Topliss-reactive ketones (excluding diaryl/α,β-unsaturated/α-hetero) is 4. The van der Waals surface area contributed by atoms with Crippen LogP contribution in [0, 0.1) is 17.8 Å². The molecule has 31 heteroatoms. The fourth-order valence-corrected chi connectivity index (χ4v) is 15.8. The third kappa shape index (κ3) is 24.5. The van der Waals surface area contributed by atoms with Gasteiger partial charge in [0.05, 0.1) is 36.0 Å². The summed E-state index contributed by atoms with van der Waals surface area (Å²) in [6.45, 7) is 4.71. The Morgan fingerprint density at radius 3 is 1.71 bits per heavy atom. The molecule has 8 rings (SSSR count). The number of carbonyl (C=O) groups is 13. The van der Waals surface area contributed by atoms with Crippen LogP contribution in [-0.2, 0) is 104 Å². The number of benzene rings is 5. The summed E-state index contributed by atoms with van der Waals surface area (Å²) < 4.78 is 26.0. The second kappa shape index (κ2) is 40.0. The number of amides is 8. The molecule has 2 heterocycles. The number of fused-ring (bicyclic) bond motifs is 1. The number of hydrogen-bond donors (Lipinski definition) is 9. The molecular weight excluding hydrogens is 1540 g/mol. The second-order valence-corrected chi connectivity index (χ2v) is 33.4. The molecule has 8 amide bonds. The van der Waals surface area contributed by atoms with E-state index in [1.807, 2.05) is 24.3 Å². The average molecular weight is 1640 g/mol. The van der Waals surface area contributed by atoms with Crippen LogP contribution in [-0.4, -0.2) is 214 Å². The van der Waals surface area contributed by atoms with Crippen LogP contribution in [0.1, 0.15) is 119 Å². The van der Waals surface area contributed by atoms with Gasteiger partial charge in [-0.05, 0) is 142 Å². The molecule has 5 aromatic carbocycles. The number of likely N-dealkylation sites (N-methyl/N-ethyl adjacent to an activating group) is 2. The van der Waals surface area contributed by atoms with Gasteiger partial charge in [0.25, 0.3) is 0 Å². The molecule has 2 saturated heterocycles. The highest BCUT2D eigenvalue weighted by molar-refractivity contribution is 7.90.